The van der Waals surface area contributed by atoms with Crippen molar-refractivity contribution in [2.24, 2.45) is 0 Å². The molecular weight excluding hydrogens is 343 g/mol. The molecule has 0 radical (unpaired) electrons. The van der Waals surface area contributed by atoms with Gasteiger partial charge in [0, 0.05) is 5.47 Å². The van der Waals surface area contributed by atoms with Gasteiger partial charge in [0.05, 0.1) is 23.9 Å². The second kappa shape index (κ2) is 7.68. The average molecular weight is 372 g/mol. The molecule has 0 bridgehead atoms. The van der Waals surface area contributed by atoms with Crippen molar-refractivity contribution in [3.05, 3.63) is 35.3 Å². The highest BCUT2D eigenvalue weighted by Crippen LogP contribution is 2.49. The minimum absolute atomic E-state index is 0.206. The third-order valence-electron chi connectivity index (χ3n) is 6.33. The molecule has 1 saturated heterocycles. The third kappa shape index (κ3) is 3.09. The van der Waals surface area contributed by atoms with Gasteiger partial charge in [0.15, 0.2) is 0 Å². The van der Waals surface area contributed by atoms with Gasteiger partial charge in [-0.15, -0.1) is 0 Å². The van der Waals surface area contributed by atoms with Gasteiger partial charge in [-0.25, -0.2) is 4.79 Å². The summed E-state index contributed by atoms with van der Waals surface area (Å²) in [5.74, 6) is 0.416. The quantitative estimate of drug-likeness (QED) is 0.531. The molecule has 0 aromatic heterocycles. The topological polar surface area (TPSA) is 54.0 Å². The van der Waals surface area contributed by atoms with Crippen LogP contribution in [0.5, 0.6) is 5.75 Å². The van der Waals surface area contributed by atoms with Crippen LogP contribution in [-0.4, -0.2) is 38.0 Å². The summed E-state index contributed by atoms with van der Waals surface area (Å²) in [6.07, 6.45) is 3.45. The van der Waals surface area contributed by atoms with E-state index in [0.717, 1.165) is 42.5 Å². The maximum atomic E-state index is 12.5. The molecule has 5 nitrogen and oxygen atoms in total. The lowest BCUT2D eigenvalue weighted by Crippen LogP contribution is -2.50. The van der Waals surface area contributed by atoms with Gasteiger partial charge < -0.3 is 18.8 Å². The van der Waals surface area contributed by atoms with Gasteiger partial charge in [-0.1, -0.05) is 39.8 Å². The predicted octanol–water partition coefficient (Wildman–Crippen LogP) is 4.20. The number of methoxy groups -OCH3 is 1. The van der Waals surface area contributed by atoms with Crippen molar-refractivity contribution >= 4 is 18.7 Å². The van der Waals surface area contributed by atoms with Crippen molar-refractivity contribution < 1.29 is 23.6 Å². The summed E-state index contributed by atoms with van der Waals surface area (Å²) in [5.41, 5.74) is 1.41. The fraction of sp³-hybridized carbons (Fsp3) is 0.571. The van der Waals surface area contributed by atoms with E-state index in [1.165, 1.54) is 0 Å². The Morgan fingerprint density at radius 2 is 1.48 bits per heavy atom. The predicted molar refractivity (Wildman–Crippen MR) is 105 cm³/mol. The van der Waals surface area contributed by atoms with Gasteiger partial charge in [0.2, 0.25) is 0 Å². The standard InChI is InChI=1S/C21H29BO5/c1-6-20(7-2)21(8-3,9-4)27-22(26-20)17-14-25-19(23)18(17)15-10-12-16(24-5)13-11-15/h10-13H,6-9,14H2,1-5H3. The van der Waals surface area contributed by atoms with Crippen LogP contribution in [0.3, 0.4) is 0 Å². The first kappa shape index (κ1) is 20.0. The molecule has 0 spiro atoms. The van der Waals surface area contributed by atoms with E-state index in [2.05, 4.69) is 27.7 Å². The first-order valence-electron chi connectivity index (χ1n) is 9.90. The zero-order valence-corrected chi connectivity index (χ0v) is 17.0. The molecule has 1 aromatic rings. The summed E-state index contributed by atoms with van der Waals surface area (Å²) in [5, 5.41) is 0. The van der Waals surface area contributed by atoms with Gasteiger partial charge in [-0.3, -0.25) is 0 Å². The fourth-order valence-electron chi connectivity index (χ4n) is 4.58. The molecule has 0 amide bonds. The number of benzene rings is 1. The molecule has 0 aliphatic carbocycles. The Morgan fingerprint density at radius 1 is 0.963 bits per heavy atom. The van der Waals surface area contributed by atoms with Crippen molar-refractivity contribution in [3.8, 4) is 5.75 Å². The lowest BCUT2D eigenvalue weighted by molar-refractivity contribution is -0.134. The molecule has 3 rings (SSSR count). The largest absolute Gasteiger partial charge is 0.497 e. The van der Waals surface area contributed by atoms with Crippen molar-refractivity contribution in [1.82, 2.24) is 0 Å². The van der Waals surface area contributed by atoms with Gasteiger partial charge in [-0.2, -0.15) is 0 Å². The number of rotatable bonds is 7. The Labute approximate surface area is 162 Å². The number of ether oxygens (including phenoxy) is 2. The van der Waals surface area contributed by atoms with Crippen LogP contribution in [0.2, 0.25) is 0 Å². The molecule has 27 heavy (non-hydrogen) atoms. The highest BCUT2D eigenvalue weighted by Gasteiger charge is 2.60. The van der Waals surface area contributed by atoms with Crippen molar-refractivity contribution in [1.29, 1.82) is 0 Å². The highest BCUT2D eigenvalue weighted by atomic mass is 16.7. The van der Waals surface area contributed by atoms with Crippen LogP contribution in [0.4, 0.5) is 0 Å². The number of hydrogen-bond acceptors (Lipinski definition) is 5. The molecule has 0 unspecified atom stereocenters. The summed E-state index contributed by atoms with van der Waals surface area (Å²) in [6, 6.07) is 7.42. The fourth-order valence-corrected chi connectivity index (χ4v) is 4.58. The van der Waals surface area contributed by atoms with E-state index in [9.17, 15) is 4.79 Å². The first-order chi connectivity index (χ1) is 13.0. The second-order valence-corrected chi connectivity index (χ2v) is 7.18. The normalized spacial score (nSPS) is 20.9. The number of esters is 1. The zero-order valence-electron chi connectivity index (χ0n) is 17.0. The molecule has 0 atom stereocenters. The summed E-state index contributed by atoms with van der Waals surface area (Å²) >= 11 is 0. The molecule has 2 heterocycles. The van der Waals surface area contributed by atoms with E-state index in [4.69, 9.17) is 18.8 Å². The highest BCUT2D eigenvalue weighted by molar-refractivity contribution is 6.59. The van der Waals surface area contributed by atoms with Crippen molar-refractivity contribution in [3.63, 3.8) is 0 Å². The summed E-state index contributed by atoms with van der Waals surface area (Å²) in [7, 11) is 1.06. The first-order valence-corrected chi connectivity index (χ1v) is 9.90. The monoisotopic (exact) mass is 372 g/mol. The molecule has 0 saturated carbocycles. The van der Waals surface area contributed by atoms with E-state index in [1.807, 2.05) is 24.3 Å². The van der Waals surface area contributed by atoms with E-state index in [0.29, 0.717) is 5.57 Å². The molecule has 2 aliphatic heterocycles. The molecule has 1 fully saturated rings. The Kier molecular flexibility index (Phi) is 5.68. The van der Waals surface area contributed by atoms with Crippen LogP contribution >= 0.6 is 0 Å². The molecular formula is C21H29BO5. The van der Waals surface area contributed by atoms with E-state index in [1.54, 1.807) is 7.11 Å². The van der Waals surface area contributed by atoms with Crippen LogP contribution in [0.15, 0.2) is 29.7 Å². The third-order valence-corrected chi connectivity index (χ3v) is 6.33. The molecule has 1 aromatic carbocycles. The van der Waals surface area contributed by atoms with E-state index in [-0.39, 0.29) is 23.8 Å². The molecule has 2 aliphatic rings. The number of cyclic esters (lactones) is 1. The van der Waals surface area contributed by atoms with Gasteiger partial charge >= 0.3 is 13.1 Å². The maximum Gasteiger partial charge on any atom is 0.495 e. The number of carbonyl (C=O) groups excluding carboxylic acids is 1. The number of hydrogen-bond donors (Lipinski definition) is 0. The summed E-state index contributed by atoms with van der Waals surface area (Å²) in [6.45, 7) is 8.78. The van der Waals surface area contributed by atoms with Crippen molar-refractivity contribution in [2.75, 3.05) is 13.7 Å². The second-order valence-electron chi connectivity index (χ2n) is 7.18. The Morgan fingerprint density at radius 3 is 1.93 bits per heavy atom. The lowest BCUT2D eigenvalue weighted by atomic mass is 9.75. The smallest absolute Gasteiger partial charge is 0.495 e. The van der Waals surface area contributed by atoms with Crippen LogP contribution in [-0.2, 0) is 18.8 Å². The van der Waals surface area contributed by atoms with Crippen LogP contribution in [0.25, 0.3) is 5.57 Å². The van der Waals surface area contributed by atoms with E-state index < -0.39 is 7.12 Å². The Balaban J connectivity index is 2.02. The molecule has 146 valence electrons. The minimum Gasteiger partial charge on any atom is -0.497 e. The Hall–Kier alpha value is -1.79. The minimum atomic E-state index is -0.562. The van der Waals surface area contributed by atoms with Gasteiger partial charge in [0.1, 0.15) is 12.4 Å². The molecule has 0 N–H and O–H groups in total. The van der Waals surface area contributed by atoms with Crippen molar-refractivity contribution in [2.45, 2.75) is 64.6 Å². The van der Waals surface area contributed by atoms with E-state index >= 15 is 0 Å². The SMILES string of the molecule is CCC1(CC)OB(C2=C(c3ccc(OC)cc3)C(=O)OC2)OC1(CC)CC. The van der Waals surface area contributed by atoms with Gasteiger partial charge in [-0.05, 0) is 43.4 Å². The summed E-state index contributed by atoms with van der Waals surface area (Å²) in [4.78, 5) is 12.5. The van der Waals surface area contributed by atoms with Crippen LogP contribution < -0.4 is 4.74 Å². The van der Waals surface area contributed by atoms with Gasteiger partial charge in [0.25, 0.3) is 0 Å². The van der Waals surface area contributed by atoms with Crippen LogP contribution in [0, 0.1) is 0 Å². The van der Waals surface area contributed by atoms with Crippen LogP contribution in [0.1, 0.15) is 58.9 Å². The molecule has 6 heteroatoms. The maximum absolute atomic E-state index is 12.5. The Bertz CT molecular complexity index is 697. The average Bonchev–Trinajstić information content (AvgIpc) is 3.26. The number of carbonyl (C=O) groups is 1. The summed E-state index contributed by atoms with van der Waals surface area (Å²) < 4.78 is 23.7. The lowest BCUT2D eigenvalue weighted by Gasteiger charge is -2.42. The zero-order chi connectivity index (χ0) is 19.7.